The lowest BCUT2D eigenvalue weighted by Crippen LogP contribution is -2.17. The number of hydrogen-bond acceptors (Lipinski definition) is 2. The number of thioether (sulfide) groups is 1. The summed E-state index contributed by atoms with van der Waals surface area (Å²) in [6, 6.07) is 0.744. The fourth-order valence-electron chi connectivity index (χ4n) is 0.755. The van der Waals surface area contributed by atoms with Gasteiger partial charge >= 0.3 is 0 Å². The molecule has 0 saturated heterocycles. The number of halogens is 1. The summed E-state index contributed by atoms with van der Waals surface area (Å²) in [5.74, 6) is 0. The zero-order chi connectivity index (χ0) is 8.91. The maximum Gasteiger partial charge on any atom is 0.240 e. The lowest BCUT2D eigenvalue weighted by atomic mass is 10.4. The SMILES string of the molecule is CSC(=S)CCC[Si](C)(C)F. The molecule has 0 heterocycles. The van der Waals surface area contributed by atoms with Gasteiger partial charge in [0.2, 0.25) is 8.41 Å². The van der Waals surface area contributed by atoms with Crippen LogP contribution in [0.15, 0.2) is 0 Å². The van der Waals surface area contributed by atoms with Crippen LogP contribution < -0.4 is 0 Å². The van der Waals surface area contributed by atoms with E-state index >= 15 is 0 Å². The Kier molecular flexibility index (Phi) is 5.55. The van der Waals surface area contributed by atoms with Crippen LogP contribution in [0.3, 0.4) is 0 Å². The van der Waals surface area contributed by atoms with Crippen LogP contribution in [0, 0.1) is 0 Å². The minimum absolute atomic E-state index is 0.744. The quantitative estimate of drug-likeness (QED) is 0.395. The van der Waals surface area contributed by atoms with E-state index in [0.717, 1.165) is 23.1 Å². The first kappa shape index (κ1) is 11.6. The molecule has 0 radical (unpaired) electrons. The maximum atomic E-state index is 13.0. The molecule has 0 spiro atoms. The molecule has 0 unspecified atom stereocenters. The zero-order valence-corrected chi connectivity index (χ0v) is 9.95. The lowest BCUT2D eigenvalue weighted by Gasteiger charge is -2.09. The highest BCUT2D eigenvalue weighted by molar-refractivity contribution is 8.22. The molecule has 0 rings (SSSR count). The van der Waals surface area contributed by atoms with Crippen molar-refractivity contribution in [3.8, 4) is 0 Å². The van der Waals surface area contributed by atoms with Crippen LogP contribution in [0.4, 0.5) is 4.11 Å². The van der Waals surface area contributed by atoms with Crippen LogP contribution in [0.25, 0.3) is 0 Å². The third-order valence-corrected chi connectivity index (χ3v) is 4.29. The summed E-state index contributed by atoms with van der Waals surface area (Å²) in [7, 11) is -2.31. The van der Waals surface area contributed by atoms with Gasteiger partial charge in [-0.2, -0.15) is 0 Å². The van der Waals surface area contributed by atoms with E-state index in [1.807, 2.05) is 6.26 Å². The van der Waals surface area contributed by atoms with Crippen LogP contribution in [0.2, 0.25) is 19.1 Å². The van der Waals surface area contributed by atoms with Crippen molar-refractivity contribution in [2.45, 2.75) is 32.0 Å². The Morgan fingerprint density at radius 3 is 2.45 bits per heavy atom. The van der Waals surface area contributed by atoms with Crippen LogP contribution in [-0.2, 0) is 0 Å². The second-order valence-corrected chi connectivity index (χ2v) is 8.74. The molecule has 0 aliphatic carbocycles. The van der Waals surface area contributed by atoms with E-state index in [1.165, 1.54) is 0 Å². The predicted octanol–water partition coefficient (Wildman–Crippen LogP) is 3.63. The Hall–Kier alpha value is 0.587. The third kappa shape index (κ3) is 8.49. The van der Waals surface area contributed by atoms with Crippen molar-refractivity contribution in [3.63, 3.8) is 0 Å². The molecule has 11 heavy (non-hydrogen) atoms. The average Bonchev–Trinajstić information content (AvgIpc) is 1.85. The zero-order valence-electron chi connectivity index (χ0n) is 7.32. The van der Waals surface area contributed by atoms with Gasteiger partial charge < -0.3 is 4.11 Å². The first-order chi connectivity index (χ1) is 4.95. The molecule has 0 N–H and O–H groups in total. The van der Waals surface area contributed by atoms with E-state index in [1.54, 1.807) is 24.9 Å². The molecule has 4 heteroatoms. The molecule has 0 bridgehead atoms. The summed E-state index contributed by atoms with van der Waals surface area (Å²) in [4.78, 5) is 0. The fraction of sp³-hybridized carbons (Fsp3) is 0.857. The van der Waals surface area contributed by atoms with Gasteiger partial charge in [0.25, 0.3) is 0 Å². The summed E-state index contributed by atoms with van der Waals surface area (Å²) in [6.07, 6.45) is 3.80. The Morgan fingerprint density at radius 2 is 2.09 bits per heavy atom. The standard InChI is InChI=1S/C7H15FS2Si/c1-10-7(9)5-4-6-11(2,3)8/h4-6H2,1-3H3. The van der Waals surface area contributed by atoms with Gasteiger partial charge in [-0.3, -0.25) is 0 Å². The van der Waals surface area contributed by atoms with Gasteiger partial charge in [0, 0.05) is 4.20 Å². The van der Waals surface area contributed by atoms with Gasteiger partial charge in [0.15, 0.2) is 0 Å². The van der Waals surface area contributed by atoms with E-state index in [0.29, 0.717) is 0 Å². The second-order valence-electron chi connectivity index (χ2n) is 3.15. The van der Waals surface area contributed by atoms with Crippen LogP contribution >= 0.6 is 24.0 Å². The minimum atomic E-state index is -2.31. The molecular weight excluding hydrogens is 195 g/mol. The Morgan fingerprint density at radius 1 is 1.55 bits per heavy atom. The van der Waals surface area contributed by atoms with Gasteiger partial charge in [-0.15, -0.1) is 11.8 Å². The first-order valence-corrected chi connectivity index (χ1v) is 8.43. The topological polar surface area (TPSA) is 0 Å². The first-order valence-electron chi connectivity index (χ1n) is 3.71. The van der Waals surface area contributed by atoms with Crippen molar-refractivity contribution in [2.24, 2.45) is 0 Å². The maximum absolute atomic E-state index is 13.0. The molecule has 0 aliphatic rings. The predicted molar refractivity (Wildman–Crippen MR) is 58.7 cm³/mol. The second kappa shape index (κ2) is 5.27. The smallest absolute Gasteiger partial charge is 0.240 e. The Balaban J connectivity index is 3.35. The third-order valence-electron chi connectivity index (χ3n) is 1.38. The van der Waals surface area contributed by atoms with Crippen molar-refractivity contribution in [2.75, 3.05) is 6.26 Å². The molecule has 0 atom stereocenters. The lowest BCUT2D eigenvalue weighted by molar-refractivity contribution is 0.768. The van der Waals surface area contributed by atoms with Crippen LogP contribution in [-0.4, -0.2) is 18.9 Å². The van der Waals surface area contributed by atoms with Crippen molar-refractivity contribution < 1.29 is 4.11 Å². The summed E-state index contributed by atoms with van der Waals surface area (Å²) >= 11 is 6.60. The molecular formula is C7H15FS2Si. The minimum Gasteiger partial charge on any atom is -0.314 e. The number of thiocarbonyl (C=S) groups is 1. The van der Waals surface area contributed by atoms with Gasteiger partial charge in [-0.1, -0.05) is 12.2 Å². The number of hydrogen-bond donors (Lipinski definition) is 0. The van der Waals surface area contributed by atoms with Gasteiger partial charge in [-0.25, -0.2) is 0 Å². The Bertz CT molecular complexity index is 131. The normalized spacial score (nSPS) is 11.6. The summed E-state index contributed by atoms with van der Waals surface area (Å²) in [5, 5.41) is 0. The molecule has 0 amide bonds. The molecule has 0 nitrogen and oxygen atoms in total. The van der Waals surface area contributed by atoms with Gasteiger partial charge in [0.1, 0.15) is 0 Å². The molecule has 0 aromatic heterocycles. The molecule has 66 valence electrons. The average molecular weight is 210 g/mol. The molecule has 0 saturated carbocycles. The highest BCUT2D eigenvalue weighted by atomic mass is 32.2. The summed E-state index contributed by atoms with van der Waals surface area (Å²) in [6.45, 7) is 3.49. The van der Waals surface area contributed by atoms with Gasteiger partial charge in [-0.05, 0) is 38.2 Å². The van der Waals surface area contributed by atoms with Gasteiger partial charge in [0.05, 0.1) is 0 Å². The highest BCUT2D eigenvalue weighted by Crippen LogP contribution is 2.16. The molecule has 0 aromatic carbocycles. The van der Waals surface area contributed by atoms with E-state index < -0.39 is 8.41 Å². The molecule has 0 aliphatic heterocycles. The van der Waals surface area contributed by atoms with Crippen LogP contribution in [0.1, 0.15) is 12.8 Å². The summed E-state index contributed by atoms with van der Waals surface area (Å²) < 4.78 is 14.0. The molecule has 0 fully saturated rings. The van der Waals surface area contributed by atoms with Crippen molar-refractivity contribution in [1.82, 2.24) is 0 Å². The van der Waals surface area contributed by atoms with Crippen molar-refractivity contribution in [1.29, 1.82) is 0 Å². The van der Waals surface area contributed by atoms with E-state index in [2.05, 4.69) is 0 Å². The van der Waals surface area contributed by atoms with E-state index in [9.17, 15) is 4.11 Å². The monoisotopic (exact) mass is 210 g/mol. The van der Waals surface area contributed by atoms with Crippen molar-refractivity contribution >= 4 is 36.6 Å². The Labute approximate surface area is 79.1 Å². The number of rotatable bonds is 4. The van der Waals surface area contributed by atoms with Crippen LogP contribution in [0.5, 0.6) is 0 Å². The highest BCUT2D eigenvalue weighted by Gasteiger charge is 2.19. The van der Waals surface area contributed by atoms with E-state index in [-0.39, 0.29) is 0 Å². The fourth-order valence-corrected chi connectivity index (χ4v) is 2.27. The van der Waals surface area contributed by atoms with E-state index in [4.69, 9.17) is 12.2 Å². The molecule has 0 aromatic rings. The summed E-state index contributed by atoms with van der Waals surface area (Å²) in [5.41, 5.74) is 0. The van der Waals surface area contributed by atoms with Crippen molar-refractivity contribution in [3.05, 3.63) is 0 Å². The largest absolute Gasteiger partial charge is 0.314 e.